The molecular formula is C11H19BN2O2. The zero-order valence-corrected chi connectivity index (χ0v) is 10.6. The third-order valence-electron chi connectivity index (χ3n) is 2.91. The number of hydrogen-bond acceptors (Lipinski definition) is 4. The van der Waals surface area contributed by atoms with Gasteiger partial charge in [-0.05, 0) is 40.1 Å². The van der Waals surface area contributed by atoms with E-state index in [1.165, 1.54) is 0 Å². The summed E-state index contributed by atoms with van der Waals surface area (Å²) in [5, 5.41) is 9.91. The lowest BCUT2D eigenvalue weighted by atomic mass is 9.84. The van der Waals surface area contributed by atoms with Crippen molar-refractivity contribution in [2.45, 2.75) is 45.8 Å². The predicted octanol–water partition coefficient (Wildman–Crippen LogP) is 0.328. The van der Waals surface area contributed by atoms with Crippen LogP contribution in [0.15, 0.2) is 12.4 Å². The second-order valence-electron chi connectivity index (χ2n) is 5.00. The minimum atomic E-state index is -0.890. The molecule has 0 amide bonds. The van der Waals surface area contributed by atoms with Crippen molar-refractivity contribution in [3.8, 4) is 0 Å². The molecule has 0 aromatic carbocycles. The summed E-state index contributed by atoms with van der Waals surface area (Å²) >= 11 is 0. The fraction of sp³-hybridized carbons (Fsp3) is 0.636. The van der Waals surface area contributed by atoms with Crippen molar-refractivity contribution in [2.75, 3.05) is 0 Å². The fourth-order valence-electron chi connectivity index (χ4n) is 0.934. The monoisotopic (exact) mass is 222 g/mol. The summed E-state index contributed by atoms with van der Waals surface area (Å²) < 4.78 is 5.69. The molecule has 0 saturated carbocycles. The van der Waals surface area contributed by atoms with Crippen molar-refractivity contribution < 1.29 is 9.76 Å². The van der Waals surface area contributed by atoms with Gasteiger partial charge in [-0.2, -0.15) is 0 Å². The summed E-state index contributed by atoms with van der Waals surface area (Å²) in [4.78, 5) is 8.18. The molecule has 0 radical (unpaired) electrons. The van der Waals surface area contributed by atoms with E-state index in [1.54, 1.807) is 26.2 Å². The van der Waals surface area contributed by atoms with Crippen LogP contribution >= 0.6 is 0 Å². The van der Waals surface area contributed by atoms with Crippen LogP contribution in [0.2, 0.25) is 0 Å². The van der Waals surface area contributed by atoms with Crippen molar-refractivity contribution >= 4 is 12.9 Å². The molecule has 1 rings (SSSR count). The second-order valence-corrected chi connectivity index (χ2v) is 5.00. The molecule has 4 nitrogen and oxygen atoms in total. The van der Waals surface area contributed by atoms with E-state index in [-0.39, 0.29) is 0 Å². The minimum absolute atomic E-state index is 0.400. The van der Waals surface area contributed by atoms with Crippen LogP contribution < -0.4 is 5.46 Å². The van der Waals surface area contributed by atoms with Crippen molar-refractivity contribution in [1.82, 2.24) is 9.97 Å². The second kappa shape index (κ2) is 4.51. The van der Waals surface area contributed by atoms with E-state index >= 15 is 0 Å². The third-order valence-corrected chi connectivity index (χ3v) is 2.91. The van der Waals surface area contributed by atoms with Crippen LogP contribution in [0.3, 0.4) is 0 Å². The molecule has 16 heavy (non-hydrogen) atoms. The first-order valence-corrected chi connectivity index (χ1v) is 5.36. The van der Waals surface area contributed by atoms with Crippen molar-refractivity contribution in [2.24, 2.45) is 0 Å². The Bertz CT molecular complexity index is 344. The minimum Gasteiger partial charge on any atom is -0.427 e. The molecule has 88 valence electrons. The largest absolute Gasteiger partial charge is 0.427 e. The van der Waals surface area contributed by atoms with Crippen LogP contribution in [0.25, 0.3) is 0 Å². The number of nitrogens with zero attached hydrogens (tertiary/aromatic N) is 2. The number of hydrogen-bond donors (Lipinski definition) is 1. The Morgan fingerprint density at radius 1 is 1.19 bits per heavy atom. The standard InChI is InChI=1S/C11H19BN2O2/c1-8-13-6-9(7-14-8)12-16-11(4,5)10(2,3)15/h6-7,12,15H,1-5H3. The van der Waals surface area contributed by atoms with E-state index in [0.29, 0.717) is 7.48 Å². The van der Waals surface area contributed by atoms with E-state index < -0.39 is 11.2 Å². The Morgan fingerprint density at radius 3 is 2.12 bits per heavy atom. The van der Waals surface area contributed by atoms with E-state index in [2.05, 4.69) is 9.97 Å². The normalized spacial score (nSPS) is 12.6. The van der Waals surface area contributed by atoms with Gasteiger partial charge < -0.3 is 9.76 Å². The first kappa shape index (κ1) is 13.1. The van der Waals surface area contributed by atoms with Gasteiger partial charge in [0, 0.05) is 12.4 Å². The Balaban J connectivity index is 2.61. The van der Waals surface area contributed by atoms with Gasteiger partial charge in [-0.15, -0.1) is 0 Å². The van der Waals surface area contributed by atoms with Crippen molar-refractivity contribution in [1.29, 1.82) is 0 Å². The summed E-state index contributed by atoms with van der Waals surface area (Å²) in [6, 6.07) is 0. The maximum Gasteiger partial charge on any atom is 0.312 e. The van der Waals surface area contributed by atoms with Gasteiger partial charge in [-0.3, -0.25) is 0 Å². The number of aromatic nitrogens is 2. The number of aryl methyl sites for hydroxylation is 1. The summed E-state index contributed by atoms with van der Waals surface area (Å²) in [5.74, 6) is 0.741. The van der Waals surface area contributed by atoms with E-state index in [9.17, 15) is 5.11 Å². The summed E-state index contributed by atoms with van der Waals surface area (Å²) in [5.41, 5.74) is -0.598. The first-order chi connectivity index (χ1) is 7.22. The molecule has 0 fully saturated rings. The third kappa shape index (κ3) is 3.28. The van der Waals surface area contributed by atoms with Crippen LogP contribution in [-0.4, -0.2) is 33.8 Å². The van der Waals surface area contributed by atoms with Crippen LogP contribution in [0.4, 0.5) is 0 Å². The van der Waals surface area contributed by atoms with E-state index in [0.717, 1.165) is 11.3 Å². The maximum atomic E-state index is 9.91. The average molecular weight is 222 g/mol. The molecule has 0 aliphatic rings. The molecule has 1 heterocycles. The smallest absolute Gasteiger partial charge is 0.312 e. The quantitative estimate of drug-likeness (QED) is 0.746. The molecular weight excluding hydrogens is 203 g/mol. The van der Waals surface area contributed by atoms with Crippen LogP contribution in [0.5, 0.6) is 0 Å². The summed E-state index contributed by atoms with van der Waals surface area (Å²) in [7, 11) is 0.400. The highest BCUT2D eigenvalue weighted by Crippen LogP contribution is 2.24. The molecule has 0 atom stereocenters. The molecule has 0 unspecified atom stereocenters. The average Bonchev–Trinajstić information content (AvgIpc) is 2.15. The van der Waals surface area contributed by atoms with Crippen molar-refractivity contribution in [3.05, 3.63) is 18.2 Å². The van der Waals surface area contributed by atoms with Crippen molar-refractivity contribution in [3.63, 3.8) is 0 Å². The lowest BCUT2D eigenvalue weighted by Gasteiger charge is -2.37. The van der Waals surface area contributed by atoms with Gasteiger partial charge in [0.05, 0.1) is 11.2 Å². The fourth-order valence-corrected chi connectivity index (χ4v) is 0.934. The van der Waals surface area contributed by atoms with Gasteiger partial charge in [0.15, 0.2) is 0 Å². The molecule has 1 aromatic rings. The molecule has 1 N–H and O–H groups in total. The zero-order chi connectivity index (χ0) is 12.4. The highest BCUT2D eigenvalue weighted by Gasteiger charge is 2.35. The topological polar surface area (TPSA) is 55.2 Å². The van der Waals surface area contributed by atoms with Gasteiger partial charge in [-0.25, -0.2) is 9.97 Å². The Kier molecular flexibility index (Phi) is 3.70. The van der Waals surface area contributed by atoms with Crippen LogP contribution in [-0.2, 0) is 4.65 Å². The number of aliphatic hydroxyl groups is 1. The van der Waals surface area contributed by atoms with E-state index in [1.807, 2.05) is 20.8 Å². The molecule has 1 aromatic heterocycles. The van der Waals surface area contributed by atoms with Gasteiger partial charge in [0.2, 0.25) is 0 Å². The van der Waals surface area contributed by atoms with Crippen LogP contribution in [0, 0.1) is 6.92 Å². The molecule has 0 bridgehead atoms. The predicted molar refractivity (Wildman–Crippen MR) is 65.0 cm³/mol. The highest BCUT2D eigenvalue weighted by molar-refractivity contribution is 6.46. The number of rotatable bonds is 4. The molecule has 0 aliphatic heterocycles. The first-order valence-electron chi connectivity index (χ1n) is 5.36. The van der Waals surface area contributed by atoms with Gasteiger partial charge in [-0.1, -0.05) is 0 Å². The highest BCUT2D eigenvalue weighted by atomic mass is 16.5. The lowest BCUT2D eigenvalue weighted by molar-refractivity contribution is -0.0893. The maximum absolute atomic E-state index is 9.91. The van der Waals surface area contributed by atoms with Crippen LogP contribution in [0.1, 0.15) is 33.5 Å². The van der Waals surface area contributed by atoms with E-state index in [4.69, 9.17) is 4.65 Å². The molecule has 5 heteroatoms. The molecule has 0 aliphatic carbocycles. The van der Waals surface area contributed by atoms with Gasteiger partial charge >= 0.3 is 7.48 Å². The summed E-state index contributed by atoms with van der Waals surface area (Å²) in [6.07, 6.45) is 3.48. The zero-order valence-electron chi connectivity index (χ0n) is 10.6. The summed E-state index contributed by atoms with van der Waals surface area (Å²) in [6.45, 7) is 9.03. The Hall–Kier alpha value is -0.935. The SMILES string of the molecule is Cc1ncc(BOC(C)(C)C(C)(C)O)cn1. The molecule has 0 spiro atoms. The Morgan fingerprint density at radius 2 is 1.69 bits per heavy atom. The Labute approximate surface area is 97.4 Å². The lowest BCUT2D eigenvalue weighted by Crippen LogP contribution is -2.49. The van der Waals surface area contributed by atoms with Gasteiger partial charge in [0.1, 0.15) is 5.82 Å². The molecule has 0 saturated heterocycles. The van der Waals surface area contributed by atoms with Gasteiger partial charge in [0.25, 0.3) is 0 Å².